The van der Waals surface area contributed by atoms with Crippen LogP contribution in [0.25, 0.3) is 21.0 Å². The van der Waals surface area contributed by atoms with Crippen LogP contribution < -0.4 is 30.8 Å². The second-order valence-electron chi connectivity index (χ2n) is 12.0. The van der Waals surface area contributed by atoms with Gasteiger partial charge in [-0.3, -0.25) is 23.5 Å². The van der Waals surface area contributed by atoms with E-state index < -0.39 is 40.3 Å². The van der Waals surface area contributed by atoms with E-state index in [-0.39, 0.29) is 57.0 Å². The first-order chi connectivity index (χ1) is 23.0. The Hall–Kier alpha value is -5.14. The zero-order chi connectivity index (χ0) is 33.8. The fraction of sp³-hybridized carbons (Fsp3) is 0.265. The van der Waals surface area contributed by atoms with Crippen molar-refractivity contribution in [2.75, 3.05) is 19.5 Å². The second kappa shape index (κ2) is 10.4. The van der Waals surface area contributed by atoms with E-state index in [1.807, 2.05) is 24.3 Å². The summed E-state index contributed by atoms with van der Waals surface area (Å²) in [5.74, 6) is -1.82. The smallest absolute Gasteiger partial charge is 0.332 e. The van der Waals surface area contributed by atoms with Crippen LogP contribution in [0.5, 0.6) is 17.2 Å². The Kier molecular flexibility index (Phi) is 6.56. The van der Waals surface area contributed by atoms with E-state index in [1.54, 1.807) is 26.1 Å². The summed E-state index contributed by atoms with van der Waals surface area (Å²) in [6.07, 6.45) is 0.155. The molecule has 0 saturated carbocycles. The van der Waals surface area contributed by atoms with Gasteiger partial charge in [-0.2, -0.15) is 0 Å². The van der Waals surface area contributed by atoms with Crippen LogP contribution in [0, 0.1) is 5.92 Å². The molecule has 0 radical (unpaired) electrons. The van der Waals surface area contributed by atoms with Gasteiger partial charge in [-0.05, 0) is 30.7 Å². The molecule has 1 spiro atoms. The van der Waals surface area contributed by atoms with Crippen LogP contribution in [-0.4, -0.2) is 45.5 Å². The van der Waals surface area contributed by atoms with Crippen molar-refractivity contribution < 1.29 is 28.2 Å². The molecule has 8 rings (SSSR count). The zero-order valence-corrected chi connectivity index (χ0v) is 27.9. The normalized spacial score (nSPS) is 21.2. The van der Waals surface area contributed by atoms with Crippen molar-refractivity contribution in [3.63, 3.8) is 0 Å². The van der Waals surface area contributed by atoms with Crippen molar-refractivity contribution in [1.82, 2.24) is 14.1 Å². The Bertz CT molecular complexity index is 2390. The Morgan fingerprint density at radius 1 is 1.02 bits per heavy atom. The van der Waals surface area contributed by atoms with Crippen molar-refractivity contribution in [1.29, 1.82) is 0 Å². The van der Waals surface area contributed by atoms with Gasteiger partial charge in [0.1, 0.15) is 33.7 Å². The number of rotatable bonds is 4. The largest absolute Gasteiger partial charge is 0.496 e. The highest BCUT2D eigenvalue weighted by Gasteiger charge is 2.64. The van der Waals surface area contributed by atoms with Crippen LogP contribution in [0.1, 0.15) is 40.9 Å². The maximum atomic E-state index is 15.1. The summed E-state index contributed by atoms with van der Waals surface area (Å²) in [6.45, 7) is 1.73. The molecule has 2 aliphatic heterocycles. The molecule has 1 unspecified atom stereocenters. The van der Waals surface area contributed by atoms with Crippen molar-refractivity contribution in [3.05, 3.63) is 96.5 Å². The molecule has 0 amide bonds. The minimum atomic E-state index is -2.03. The molecule has 48 heavy (non-hydrogen) atoms. The molecule has 1 N–H and O–H groups in total. The predicted molar refractivity (Wildman–Crippen MR) is 178 cm³/mol. The average Bonchev–Trinajstić information content (AvgIpc) is 3.82. The lowest BCUT2D eigenvalue weighted by Gasteiger charge is -2.42. The van der Waals surface area contributed by atoms with Crippen LogP contribution in [0.2, 0.25) is 5.02 Å². The van der Waals surface area contributed by atoms with Crippen LogP contribution >= 0.6 is 22.9 Å². The number of allylic oxidation sites excluding steroid dienone is 1. The highest BCUT2D eigenvalue weighted by atomic mass is 35.5. The molecule has 5 aromatic rings. The zero-order valence-electron chi connectivity index (χ0n) is 26.3. The SMILES string of the molecule is COc1cc(OC)c2c(c1Cl)O[C@@]1(C(=O)C3=C(C[C@H]1C)Nc1c(c(=O)n(C)c(=O)n1C)C3c1ccc(-c3nc4ccccc4s3)o1)C2=O. The summed E-state index contributed by atoms with van der Waals surface area (Å²) >= 11 is 8.09. The van der Waals surface area contributed by atoms with Crippen LogP contribution in [-0.2, 0) is 18.9 Å². The van der Waals surface area contributed by atoms with E-state index in [0.717, 1.165) is 14.8 Å². The number of anilines is 1. The minimum Gasteiger partial charge on any atom is -0.496 e. The van der Waals surface area contributed by atoms with Gasteiger partial charge in [0.25, 0.3) is 5.56 Å². The number of aromatic nitrogens is 3. The molecular formula is C34H27ClN4O8S. The standard InChI is InChI=1S/C34H27ClN4O8S/c1-14-12-16-22(28(40)34(14)29(41)24-19(44-4)13-20(45-5)26(35)27(24)47-34)23(25-30(36-16)38(2)33(43)39(3)32(25)42)17-10-11-18(46-17)31-37-15-8-6-7-9-21(15)48-31/h6-11,13-14,23,36H,12H2,1-5H3/t14-,23?,34+/m1/s1. The van der Waals surface area contributed by atoms with E-state index in [9.17, 15) is 14.4 Å². The van der Waals surface area contributed by atoms with Gasteiger partial charge in [0.2, 0.25) is 17.2 Å². The molecule has 2 aromatic carbocycles. The number of nitrogens with zero attached hydrogens (tertiary/aromatic N) is 3. The number of fused-ring (bicyclic) bond motifs is 3. The maximum absolute atomic E-state index is 15.1. The van der Waals surface area contributed by atoms with Crippen molar-refractivity contribution in [3.8, 4) is 28.0 Å². The number of furan rings is 1. The van der Waals surface area contributed by atoms with Gasteiger partial charge in [0.15, 0.2) is 16.5 Å². The van der Waals surface area contributed by atoms with Gasteiger partial charge >= 0.3 is 5.69 Å². The average molecular weight is 687 g/mol. The third-order valence-corrected chi connectivity index (χ3v) is 10.9. The number of ether oxygens (including phenoxy) is 3. The van der Waals surface area contributed by atoms with Crippen molar-refractivity contribution >= 4 is 50.5 Å². The van der Waals surface area contributed by atoms with Crippen LogP contribution in [0.4, 0.5) is 5.82 Å². The summed E-state index contributed by atoms with van der Waals surface area (Å²) in [7, 11) is 5.73. The number of nitrogens with one attached hydrogen (secondary N) is 1. The van der Waals surface area contributed by atoms with E-state index in [2.05, 4.69) is 5.32 Å². The number of para-hydroxylation sites is 1. The Balaban J connectivity index is 1.34. The molecule has 3 aliphatic rings. The lowest BCUT2D eigenvalue weighted by atomic mass is 9.66. The summed E-state index contributed by atoms with van der Waals surface area (Å²) in [6, 6.07) is 12.6. The van der Waals surface area contributed by atoms with Gasteiger partial charge in [-0.15, -0.1) is 11.3 Å². The van der Waals surface area contributed by atoms with Gasteiger partial charge in [-0.25, -0.2) is 9.78 Å². The number of hydrogen-bond donors (Lipinski definition) is 1. The molecule has 0 bridgehead atoms. The van der Waals surface area contributed by atoms with E-state index in [0.29, 0.717) is 16.5 Å². The monoisotopic (exact) mass is 686 g/mol. The molecule has 1 aliphatic carbocycles. The first-order valence-electron chi connectivity index (χ1n) is 15.0. The molecule has 3 aromatic heterocycles. The molecule has 244 valence electrons. The number of benzene rings is 2. The Morgan fingerprint density at radius 2 is 1.77 bits per heavy atom. The predicted octanol–water partition coefficient (Wildman–Crippen LogP) is 5.06. The van der Waals surface area contributed by atoms with Gasteiger partial charge < -0.3 is 23.9 Å². The number of carbonyl (C=O) groups excluding carboxylic acids is 2. The number of Topliss-reactive ketones (excluding diaryl/α,β-unsaturated/α-hetero) is 2. The highest BCUT2D eigenvalue weighted by molar-refractivity contribution is 7.21. The van der Waals surface area contributed by atoms with Crippen LogP contribution in [0.3, 0.4) is 0 Å². The van der Waals surface area contributed by atoms with E-state index in [4.69, 9.17) is 35.2 Å². The molecule has 14 heteroatoms. The fourth-order valence-electron chi connectivity index (χ4n) is 7.07. The number of methoxy groups -OCH3 is 2. The number of thiazole rings is 1. The first-order valence-corrected chi connectivity index (χ1v) is 16.2. The molecule has 0 saturated heterocycles. The number of hydrogen-bond acceptors (Lipinski definition) is 11. The summed E-state index contributed by atoms with van der Waals surface area (Å²) in [5.41, 5.74) is -1.69. The van der Waals surface area contributed by atoms with E-state index in [1.165, 1.54) is 43.2 Å². The van der Waals surface area contributed by atoms with Gasteiger partial charge in [0.05, 0.1) is 35.9 Å². The molecule has 5 heterocycles. The summed E-state index contributed by atoms with van der Waals surface area (Å²) in [4.78, 5) is 61.3. The van der Waals surface area contributed by atoms with Crippen molar-refractivity contribution in [2.24, 2.45) is 20.0 Å². The maximum Gasteiger partial charge on any atom is 0.332 e. The first kappa shape index (κ1) is 30.2. The Morgan fingerprint density at radius 3 is 2.50 bits per heavy atom. The molecule has 3 atom stereocenters. The highest BCUT2D eigenvalue weighted by Crippen LogP contribution is 2.56. The van der Waals surface area contributed by atoms with Gasteiger partial charge in [0, 0.05) is 37.3 Å². The quantitative estimate of drug-likeness (QED) is 0.255. The Labute approximate surface area is 281 Å². The van der Waals surface area contributed by atoms with Crippen molar-refractivity contribution in [2.45, 2.75) is 24.9 Å². The summed E-state index contributed by atoms with van der Waals surface area (Å²) < 4.78 is 27.0. The second-order valence-corrected chi connectivity index (χ2v) is 13.4. The number of halogens is 1. The summed E-state index contributed by atoms with van der Waals surface area (Å²) in [5, 5.41) is 3.84. The third-order valence-electron chi connectivity index (χ3n) is 9.49. The molecular weight excluding hydrogens is 660 g/mol. The number of ketones is 2. The minimum absolute atomic E-state index is 0.0164. The third kappa shape index (κ3) is 3.85. The topological polar surface area (TPSA) is 144 Å². The van der Waals surface area contributed by atoms with Crippen LogP contribution in [0.15, 0.2) is 67.7 Å². The number of carbonyl (C=O) groups is 2. The molecule has 0 fully saturated rings. The lowest BCUT2D eigenvalue weighted by molar-refractivity contribution is -0.130. The lowest BCUT2D eigenvalue weighted by Crippen LogP contribution is -2.58. The fourth-order valence-corrected chi connectivity index (χ4v) is 8.27. The molecule has 12 nitrogen and oxygen atoms in total. The van der Waals surface area contributed by atoms with E-state index >= 15 is 4.79 Å². The van der Waals surface area contributed by atoms with Gasteiger partial charge in [-0.1, -0.05) is 30.7 Å².